The van der Waals surface area contributed by atoms with Crippen LogP contribution in [0.15, 0.2) is 35.7 Å². The molecule has 1 aromatic carbocycles. The smallest absolute Gasteiger partial charge is 0.181 e. The summed E-state index contributed by atoms with van der Waals surface area (Å²) in [7, 11) is 0. The van der Waals surface area contributed by atoms with Crippen molar-refractivity contribution in [3.8, 4) is 0 Å². The van der Waals surface area contributed by atoms with Crippen LogP contribution in [-0.4, -0.2) is 6.54 Å². The van der Waals surface area contributed by atoms with Gasteiger partial charge in [0.15, 0.2) is 11.6 Å². The summed E-state index contributed by atoms with van der Waals surface area (Å²) < 4.78 is 26.1. The Kier molecular flexibility index (Phi) is 3.51. The zero-order valence-corrected chi connectivity index (χ0v) is 9.36. The van der Waals surface area contributed by atoms with E-state index in [1.165, 1.54) is 17.0 Å². The van der Waals surface area contributed by atoms with Crippen LogP contribution >= 0.6 is 11.3 Å². The predicted octanol–water partition coefficient (Wildman–Crippen LogP) is 3.68. The van der Waals surface area contributed by atoms with E-state index in [-0.39, 0.29) is 5.69 Å². The maximum absolute atomic E-state index is 13.2. The second kappa shape index (κ2) is 5.07. The molecule has 0 aliphatic heterocycles. The van der Waals surface area contributed by atoms with Crippen molar-refractivity contribution in [1.82, 2.24) is 0 Å². The van der Waals surface area contributed by atoms with Gasteiger partial charge in [-0.2, -0.15) is 0 Å². The highest BCUT2D eigenvalue weighted by Crippen LogP contribution is 2.17. The predicted molar refractivity (Wildman–Crippen MR) is 62.9 cm³/mol. The van der Waals surface area contributed by atoms with Gasteiger partial charge in [-0.25, -0.2) is 8.78 Å². The summed E-state index contributed by atoms with van der Waals surface area (Å²) in [6.45, 7) is 0.598. The Morgan fingerprint density at radius 2 is 2.00 bits per heavy atom. The second-order valence-corrected chi connectivity index (χ2v) is 4.39. The fourth-order valence-electron chi connectivity index (χ4n) is 1.42. The lowest BCUT2D eigenvalue weighted by molar-refractivity contribution is 0.511. The average molecular weight is 239 g/mol. The van der Waals surface area contributed by atoms with Gasteiger partial charge < -0.3 is 5.32 Å². The Bertz CT molecular complexity index is 454. The van der Waals surface area contributed by atoms with Gasteiger partial charge in [0.25, 0.3) is 0 Å². The number of rotatable bonds is 4. The molecule has 0 saturated carbocycles. The molecule has 0 unspecified atom stereocenters. The molecule has 1 heterocycles. The first-order valence-corrected chi connectivity index (χ1v) is 5.85. The van der Waals surface area contributed by atoms with E-state index in [2.05, 4.69) is 5.32 Å². The summed E-state index contributed by atoms with van der Waals surface area (Å²) in [5.74, 6) is -1.63. The number of halogens is 2. The zero-order valence-electron chi connectivity index (χ0n) is 8.54. The fourth-order valence-corrected chi connectivity index (χ4v) is 2.12. The van der Waals surface area contributed by atoms with Crippen LogP contribution in [0, 0.1) is 11.6 Å². The number of hydrogen-bond donors (Lipinski definition) is 1. The monoisotopic (exact) mass is 239 g/mol. The van der Waals surface area contributed by atoms with E-state index >= 15 is 0 Å². The summed E-state index contributed by atoms with van der Waals surface area (Å²) in [4.78, 5) is 1.23. The quantitative estimate of drug-likeness (QED) is 0.858. The maximum atomic E-state index is 13.2. The SMILES string of the molecule is Fc1cccc(NCCc2cccs2)c1F. The number of thiophene rings is 1. The normalized spacial score (nSPS) is 10.4. The van der Waals surface area contributed by atoms with Crippen LogP contribution < -0.4 is 5.32 Å². The van der Waals surface area contributed by atoms with E-state index in [9.17, 15) is 8.78 Å². The summed E-state index contributed by atoms with van der Waals surface area (Å²) in [5, 5.41) is 4.88. The van der Waals surface area contributed by atoms with Crippen molar-refractivity contribution in [1.29, 1.82) is 0 Å². The van der Waals surface area contributed by atoms with Crippen LogP contribution in [-0.2, 0) is 6.42 Å². The molecule has 0 aliphatic carbocycles. The zero-order chi connectivity index (χ0) is 11.4. The van der Waals surface area contributed by atoms with Crippen molar-refractivity contribution >= 4 is 17.0 Å². The molecular weight excluding hydrogens is 228 g/mol. The molecule has 0 aliphatic rings. The third-order valence-corrected chi connectivity index (χ3v) is 3.15. The first kappa shape index (κ1) is 11.1. The molecule has 84 valence electrons. The standard InChI is InChI=1S/C12H11F2NS/c13-10-4-1-5-11(12(10)14)15-7-6-9-3-2-8-16-9/h1-5,8,15H,6-7H2. The van der Waals surface area contributed by atoms with Crippen LogP contribution in [0.25, 0.3) is 0 Å². The van der Waals surface area contributed by atoms with Gasteiger partial charge in [0.1, 0.15) is 0 Å². The van der Waals surface area contributed by atoms with Crippen molar-refractivity contribution < 1.29 is 8.78 Å². The Balaban J connectivity index is 1.92. The van der Waals surface area contributed by atoms with Crippen molar-refractivity contribution in [3.05, 3.63) is 52.2 Å². The number of anilines is 1. The third kappa shape index (κ3) is 2.58. The minimum Gasteiger partial charge on any atom is -0.382 e. The number of nitrogens with one attached hydrogen (secondary N) is 1. The molecule has 1 nitrogen and oxygen atoms in total. The number of benzene rings is 1. The molecule has 1 aromatic heterocycles. The third-order valence-electron chi connectivity index (χ3n) is 2.22. The first-order chi connectivity index (χ1) is 7.77. The topological polar surface area (TPSA) is 12.0 Å². The Morgan fingerprint density at radius 1 is 1.12 bits per heavy atom. The van der Waals surface area contributed by atoms with Gasteiger partial charge in [0.05, 0.1) is 5.69 Å². The minimum atomic E-state index is -0.818. The molecule has 1 N–H and O–H groups in total. The first-order valence-electron chi connectivity index (χ1n) is 4.97. The van der Waals surface area contributed by atoms with Gasteiger partial charge in [-0.15, -0.1) is 11.3 Å². The Morgan fingerprint density at radius 3 is 2.75 bits per heavy atom. The van der Waals surface area contributed by atoms with Gasteiger partial charge >= 0.3 is 0 Å². The molecule has 0 amide bonds. The fraction of sp³-hybridized carbons (Fsp3) is 0.167. The molecule has 2 aromatic rings. The van der Waals surface area contributed by atoms with Gasteiger partial charge in [-0.1, -0.05) is 12.1 Å². The highest BCUT2D eigenvalue weighted by molar-refractivity contribution is 7.09. The van der Waals surface area contributed by atoms with Crippen molar-refractivity contribution in [2.75, 3.05) is 11.9 Å². The largest absolute Gasteiger partial charge is 0.382 e. The lowest BCUT2D eigenvalue weighted by Gasteiger charge is -2.06. The summed E-state index contributed by atoms with van der Waals surface area (Å²) in [6, 6.07) is 8.13. The van der Waals surface area contributed by atoms with Crippen molar-refractivity contribution in [2.45, 2.75) is 6.42 Å². The molecule has 0 spiro atoms. The number of hydrogen-bond acceptors (Lipinski definition) is 2. The van der Waals surface area contributed by atoms with E-state index in [4.69, 9.17) is 0 Å². The summed E-state index contributed by atoms with van der Waals surface area (Å²) >= 11 is 1.66. The van der Waals surface area contributed by atoms with E-state index in [1.807, 2.05) is 17.5 Å². The molecule has 0 radical (unpaired) electrons. The molecular formula is C12H11F2NS. The van der Waals surface area contributed by atoms with Crippen LogP contribution in [0.1, 0.15) is 4.88 Å². The maximum Gasteiger partial charge on any atom is 0.181 e. The van der Waals surface area contributed by atoms with Gasteiger partial charge in [-0.05, 0) is 30.0 Å². The van der Waals surface area contributed by atoms with Crippen LogP contribution in [0.5, 0.6) is 0 Å². The van der Waals surface area contributed by atoms with Crippen molar-refractivity contribution in [3.63, 3.8) is 0 Å². The van der Waals surface area contributed by atoms with Gasteiger partial charge in [0.2, 0.25) is 0 Å². The highest BCUT2D eigenvalue weighted by atomic mass is 32.1. The van der Waals surface area contributed by atoms with Crippen LogP contribution in [0.3, 0.4) is 0 Å². The minimum absolute atomic E-state index is 0.219. The molecule has 0 fully saturated rings. The van der Waals surface area contributed by atoms with E-state index in [0.29, 0.717) is 6.54 Å². The summed E-state index contributed by atoms with van der Waals surface area (Å²) in [6.07, 6.45) is 0.813. The molecule has 2 rings (SSSR count). The Hall–Kier alpha value is -1.42. The molecule has 16 heavy (non-hydrogen) atoms. The van der Waals surface area contributed by atoms with Crippen LogP contribution in [0.2, 0.25) is 0 Å². The van der Waals surface area contributed by atoms with E-state index < -0.39 is 11.6 Å². The highest BCUT2D eigenvalue weighted by Gasteiger charge is 2.06. The van der Waals surface area contributed by atoms with Crippen molar-refractivity contribution in [2.24, 2.45) is 0 Å². The van der Waals surface area contributed by atoms with Gasteiger partial charge in [-0.3, -0.25) is 0 Å². The second-order valence-electron chi connectivity index (χ2n) is 3.36. The van der Waals surface area contributed by atoms with E-state index in [1.54, 1.807) is 11.3 Å². The Labute approximate surface area is 96.7 Å². The lowest BCUT2D eigenvalue weighted by atomic mass is 10.2. The summed E-state index contributed by atoms with van der Waals surface area (Å²) in [5.41, 5.74) is 0.219. The molecule has 0 saturated heterocycles. The molecule has 0 atom stereocenters. The molecule has 0 bridgehead atoms. The van der Waals surface area contributed by atoms with E-state index in [0.717, 1.165) is 12.5 Å². The van der Waals surface area contributed by atoms with Gasteiger partial charge in [0, 0.05) is 11.4 Å². The molecule has 4 heteroatoms. The lowest BCUT2D eigenvalue weighted by Crippen LogP contribution is -2.06. The average Bonchev–Trinajstić information content (AvgIpc) is 2.77. The van der Waals surface area contributed by atoms with Crippen LogP contribution in [0.4, 0.5) is 14.5 Å².